The average molecular weight is 359 g/mol. The maximum absolute atomic E-state index is 12.0. The molecule has 1 heterocycles. The number of nitrogens with one attached hydrogen (secondary N) is 2. The zero-order chi connectivity index (χ0) is 16.5. The summed E-state index contributed by atoms with van der Waals surface area (Å²) in [6.07, 6.45) is 0.348. The topological polar surface area (TPSA) is 68.8 Å². The summed E-state index contributed by atoms with van der Waals surface area (Å²) in [4.78, 5) is 12.0. The Balaban J connectivity index is 0.00000288. The van der Waals surface area contributed by atoms with Gasteiger partial charge < -0.3 is 24.8 Å². The summed E-state index contributed by atoms with van der Waals surface area (Å²) < 4.78 is 16.6. The van der Waals surface area contributed by atoms with Gasteiger partial charge in [0, 0.05) is 19.6 Å². The Morgan fingerprint density at radius 2 is 2.04 bits per heavy atom. The number of benzene rings is 1. The molecule has 0 bridgehead atoms. The minimum atomic E-state index is -0.386. The number of amides is 1. The Morgan fingerprint density at radius 1 is 1.29 bits per heavy atom. The van der Waals surface area contributed by atoms with E-state index in [-0.39, 0.29) is 24.4 Å². The van der Waals surface area contributed by atoms with Crippen LogP contribution in [-0.2, 0) is 16.0 Å². The molecule has 0 radical (unpaired) electrons. The summed E-state index contributed by atoms with van der Waals surface area (Å²) >= 11 is 0. The van der Waals surface area contributed by atoms with Crippen LogP contribution in [0.25, 0.3) is 0 Å². The molecule has 2 N–H and O–H groups in total. The quantitative estimate of drug-likeness (QED) is 0.738. The average Bonchev–Trinajstić information content (AvgIpc) is 2.58. The van der Waals surface area contributed by atoms with Crippen molar-refractivity contribution in [1.82, 2.24) is 10.6 Å². The Hall–Kier alpha value is -1.50. The van der Waals surface area contributed by atoms with Crippen molar-refractivity contribution in [3.8, 4) is 11.5 Å². The van der Waals surface area contributed by atoms with Gasteiger partial charge in [-0.2, -0.15) is 0 Å². The molecule has 1 fully saturated rings. The van der Waals surface area contributed by atoms with E-state index in [2.05, 4.69) is 10.6 Å². The van der Waals surface area contributed by atoms with Gasteiger partial charge in [-0.1, -0.05) is 6.07 Å². The smallest absolute Gasteiger partial charge is 0.250 e. The van der Waals surface area contributed by atoms with Gasteiger partial charge in [0.05, 0.1) is 19.8 Å². The number of carbonyl (C=O) groups excluding carboxylic acids is 1. The third-order valence-electron chi connectivity index (χ3n) is 3.54. The lowest BCUT2D eigenvalue weighted by Crippen LogP contribution is -2.48. The molecular weight excluding hydrogens is 332 g/mol. The molecule has 0 spiro atoms. The van der Waals surface area contributed by atoms with E-state index in [1.165, 1.54) is 0 Å². The molecule has 7 heteroatoms. The number of halogens is 1. The van der Waals surface area contributed by atoms with Crippen molar-refractivity contribution in [2.75, 3.05) is 39.5 Å². The van der Waals surface area contributed by atoms with Gasteiger partial charge in [0.25, 0.3) is 0 Å². The lowest BCUT2D eigenvalue weighted by Gasteiger charge is -2.22. The normalized spacial score (nSPS) is 16.8. The number of hydrogen-bond donors (Lipinski definition) is 2. The fourth-order valence-electron chi connectivity index (χ4n) is 2.43. The first-order valence-electron chi connectivity index (χ1n) is 8.23. The summed E-state index contributed by atoms with van der Waals surface area (Å²) in [6.45, 7) is 7.60. The first-order chi connectivity index (χ1) is 11.2. The molecule has 0 aromatic heterocycles. The minimum Gasteiger partial charge on any atom is -0.490 e. The van der Waals surface area contributed by atoms with Gasteiger partial charge in [-0.05, 0) is 38.0 Å². The second-order valence-corrected chi connectivity index (χ2v) is 5.25. The maximum Gasteiger partial charge on any atom is 0.250 e. The van der Waals surface area contributed by atoms with E-state index in [1.807, 2.05) is 32.0 Å². The molecular formula is C17H27ClN2O4. The van der Waals surface area contributed by atoms with E-state index >= 15 is 0 Å². The Kier molecular flexibility index (Phi) is 9.52. The van der Waals surface area contributed by atoms with Gasteiger partial charge in [0.2, 0.25) is 5.91 Å². The van der Waals surface area contributed by atoms with Gasteiger partial charge in [0.15, 0.2) is 11.5 Å². The molecule has 1 atom stereocenters. The van der Waals surface area contributed by atoms with Crippen molar-refractivity contribution in [2.45, 2.75) is 26.4 Å². The van der Waals surface area contributed by atoms with Gasteiger partial charge >= 0.3 is 0 Å². The van der Waals surface area contributed by atoms with Crippen molar-refractivity contribution in [3.05, 3.63) is 23.8 Å². The molecule has 0 aliphatic carbocycles. The molecule has 1 aliphatic heterocycles. The molecule has 1 unspecified atom stereocenters. The Labute approximate surface area is 149 Å². The highest BCUT2D eigenvalue weighted by Gasteiger charge is 2.21. The largest absolute Gasteiger partial charge is 0.490 e. The Bertz CT molecular complexity index is 507. The van der Waals surface area contributed by atoms with E-state index in [0.29, 0.717) is 32.9 Å². The van der Waals surface area contributed by atoms with Crippen LogP contribution in [0.4, 0.5) is 0 Å². The lowest BCUT2D eigenvalue weighted by molar-refractivity contribution is -0.134. The molecule has 24 heavy (non-hydrogen) atoms. The zero-order valence-corrected chi connectivity index (χ0v) is 15.1. The lowest BCUT2D eigenvalue weighted by atomic mass is 10.1. The van der Waals surface area contributed by atoms with Crippen molar-refractivity contribution in [3.63, 3.8) is 0 Å². The third-order valence-corrected chi connectivity index (χ3v) is 3.54. The van der Waals surface area contributed by atoms with E-state index in [4.69, 9.17) is 14.2 Å². The monoisotopic (exact) mass is 358 g/mol. The number of rotatable bonds is 8. The first-order valence-corrected chi connectivity index (χ1v) is 8.23. The fourth-order valence-corrected chi connectivity index (χ4v) is 2.43. The number of carbonyl (C=O) groups is 1. The fraction of sp³-hybridized carbons (Fsp3) is 0.588. The van der Waals surface area contributed by atoms with E-state index in [9.17, 15) is 4.79 Å². The SMILES string of the molecule is CCOc1ccc(CCNC(=O)C2CNCCO2)cc1OCC.Cl. The van der Waals surface area contributed by atoms with Crippen molar-refractivity contribution in [2.24, 2.45) is 0 Å². The molecule has 1 aromatic rings. The molecule has 2 rings (SSSR count). The number of hydrogen-bond acceptors (Lipinski definition) is 5. The second-order valence-electron chi connectivity index (χ2n) is 5.25. The second kappa shape index (κ2) is 11.1. The van der Waals surface area contributed by atoms with Gasteiger partial charge in [-0.25, -0.2) is 0 Å². The summed E-state index contributed by atoms with van der Waals surface area (Å²) in [5.74, 6) is 1.44. The van der Waals surface area contributed by atoms with Crippen molar-refractivity contribution in [1.29, 1.82) is 0 Å². The highest BCUT2D eigenvalue weighted by molar-refractivity contribution is 5.85. The summed E-state index contributed by atoms with van der Waals surface area (Å²) in [5.41, 5.74) is 1.10. The van der Waals surface area contributed by atoms with Crippen LogP contribution in [0.15, 0.2) is 18.2 Å². The minimum absolute atomic E-state index is 0. The zero-order valence-electron chi connectivity index (χ0n) is 14.3. The van der Waals surface area contributed by atoms with Crippen LogP contribution >= 0.6 is 12.4 Å². The van der Waals surface area contributed by atoms with Gasteiger partial charge in [-0.3, -0.25) is 4.79 Å². The molecule has 6 nitrogen and oxygen atoms in total. The summed E-state index contributed by atoms with van der Waals surface area (Å²) in [5, 5.41) is 6.06. The predicted octanol–water partition coefficient (Wildman–Crippen LogP) is 1.55. The highest BCUT2D eigenvalue weighted by Crippen LogP contribution is 2.28. The predicted molar refractivity (Wildman–Crippen MR) is 95.4 cm³/mol. The maximum atomic E-state index is 12.0. The van der Waals surface area contributed by atoms with E-state index in [1.54, 1.807) is 0 Å². The molecule has 0 saturated carbocycles. The molecule has 1 saturated heterocycles. The first kappa shape index (κ1) is 20.5. The van der Waals surface area contributed by atoms with Crippen LogP contribution in [0.1, 0.15) is 19.4 Å². The highest BCUT2D eigenvalue weighted by atomic mass is 35.5. The van der Waals surface area contributed by atoms with E-state index in [0.717, 1.165) is 30.0 Å². The molecule has 1 amide bonds. The van der Waals surface area contributed by atoms with Crippen molar-refractivity contribution >= 4 is 18.3 Å². The van der Waals surface area contributed by atoms with Crippen molar-refractivity contribution < 1.29 is 19.0 Å². The number of ether oxygens (including phenoxy) is 3. The summed E-state index contributed by atoms with van der Waals surface area (Å²) in [6, 6.07) is 5.89. The molecule has 1 aliphatic rings. The summed E-state index contributed by atoms with van der Waals surface area (Å²) in [7, 11) is 0. The van der Waals surface area contributed by atoms with Gasteiger partial charge in [0.1, 0.15) is 6.10 Å². The molecule has 136 valence electrons. The third kappa shape index (κ3) is 6.19. The van der Waals surface area contributed by atoms with Crippen LogP contribution in [0.5, 0.6) is 11.5 Å². The van der Waals surface area contributed by atoms with Crippen LogP contribution in [0, 0.1) is 0 Å². The molecule has 1 aromatic carbocycles. The van der Waals surface area contributed by atoms with Gasteiger partial charge in [-0.15, -0.1) is 12.4 Å². The van der Waals surface area contributed by atoms with Crippen LogP contribution < -0.4 is 20.1 Å². The standard InChI is InChI=1S/C17H26N2O4.ClH/c1-3-21-14-6-5-13(11-15(14)22-4-2)7-8-19-17(20)16-12-18-9-10-23-16;/h5-6,11,16,18H,3-4,7-10,12H2,1-2H3,(H,19,20);1H. The number of morpholine rings is 1. The Morgan fingerprint density at radius 3 is 2.71 bits per heavy atom. The van der Waals surface area contributed by atoms with Crippen LogP contribution in [-0.4, -0.2) is 51.5 Å². The van der Waals surface area contributed by atoms with Crippen LogP contribution in [0.3, 0.4) is 0 Å². The van der Waals surface area contributed by atoms with E-state index < -0.39 is 0 Å². The van der Waals surface area contributed by atoms with Crippen LogP contribution in [0.2, 0.25) is 0 Å².